The van der Waals surface area contributed by atoms with Crippen molar-refractivity contribution in [1.82, 2.24) is 10.2 Å². The molecule has 0 atom stereocenters. The molecule has 0 bridgehead atoms. The Morgan fingerprint density at radius 2 is 2.25 bits per heavy atom. The average Bonchev–Trinajstić information content (AvgIpc) is 3.05. The minimum atomic E-state index is 0.807. The van der Waals surface area contributed by atoms with E-state index in [2.05, 4.69) is 30.1 Å². The second kappa shape index (κ2) is 5.51. The molecule has 1 aromatic rings. The molecule has 0 aromatic carbocycles. The van der Waals surface area contributed by atoms with Gasteiger partial charge in [0.15, 0.2) is 0 Å². The first-order valence-corrected chi connectivity index (χ1v) is 6.35. The zero-order valence-corrected chi connectivity index (χ0v) is 10.3. The van der Waals surface area contributed by atoms with Gasteiger partial charge >= 0.3 is 0 Å². The highest BCUT2D eigenvalue weighted by Crippen LogP contribution is 2.28. The van der Waals surface area contributed by atoms with Crippen molar-refractivity contribution in [3.05, 3.63) is 23.7 Å². The van der Waals surface area contributed by atoms with Crippen molar-refractivity contribution in [2.24, 2.45) is 0 Å². The van der Waals surface area contributed by atoms with E-state index in [-0.39, 0.29) is 0 Å². The van der Waals surface area contributed by atoms with Gasteiger partial charge in [0.25, 0.3) is 0 Å². The van der Waals surface area contributed by atoms with Gasteiger partial charge in [-0.25, -0.2) is 0 Å². The zero-order chi connectivity index (χ0) is 11.4. The molecule has 3 nitrogen and oxygen atoms in total. The van der Waals surface area contributed by atoms with Gasteiger partial charge in [-0.05, 0) is 32.0 Å². The summed E-state index contributed by atoms with van der Waals surface area (Å²) < 4.78 is 5.59. The highest BCUT2D eigenvalue weighted by Gasteiger charge is 2.28. The lowest BCUT2D eigenvalue weighted by Crippen LogP contribution is -2.25. The lowest BCUT2D eigenvalue weighted by atomic mass is 10.2. The lowest BCUT2D eigenvalue weighted by molar-refractivity contribution is 0.244. The van der Waals surface area contributed by atoms with Crippen molar-refractivity contribution in [3.8, 4) is 0 Å². The van der Waals surface area contributed by atoms with Crippen molar-refractivity contribution >= 4 is 0 Å². The third kappa shape index (κ3) is 2.86. The Labute approximate surface area is 97.8 Å². The molecule has 2 rings (SSSR count). The van der Waals surface area contributed by atoms with Crippen molar-refractivity contribution in [2.75, 3.05) is 13.1 Å². The molecule has 16 heavy (non-hydrogen) atoms. The van der Waals surface area contributed by atoms with Crippen LogP contribution in [0.15, 0.2) is 16.7 Å². The molecule has 0 amide bonds. The van der Waals surface area contributed by atoms with Crippen molar-refractivity contribution in [3.63, 3.8) is 0 Å². The molecule has 1 heterocycles. The number of hydrogen-bond donors (Lipinski definition) is 1. The first-order valence-electron chi connectivity index (χ1n) is 6.35. The van der Waals surface area contributed by atoms with Crippen LogP contribution in [-0.2, 0) is 13.1 Å². The van der Waals surface area contributed by atoms with Gasteiger partial charge in [0.1, 0.15) is 5.76 Å². The fourth-order valence-electron chi connectivity index (χ4n) is 2.05. The lowest BCUT2D eigenvalue weighted by Gasteiger charge is -2.18. The first kappa shape index (κ1) is 11.7. The highest BCUT2D eigenvalue weighted by molar-refractivity contribution is 5.17. The first-order chi connectivity index (χ1) is 7.85. The molecule has 0 saturated heterocycles. The summed E-state index contributed by atoms with van der Waals surface area (Å²) in [5.74, 6) is 1.13. The van der Waals surface area contributed by atoms with Crippen LogP contribution in [0.1, 0.15) is 38.0 Å². The summed E-state index contributed by atoms with van der Waals surface area (Å²) in [4.78, 5) is 2.51. The smallest absolute Gasteiger partial charge is 0.122 e. The molecular weight excluding hydrogens is 200 g/mol. The van der Waals surface area contributed by atoms with Gasteiger partial charge in [0.2, 0.25) is 0 Å². The Kier molecular flexibility index (Phi) is 4.02. The van der Waals surface area contributed by atoms with E-state index in [4.69, 9.17) is 4.42 Å². The summed E-state index contributed by atoms with van der Waals surface area (Å²) in [6.07, 6.45) is 4.52. The average molecular weight is 222 g/mol. The van der Waals surface area contributed by atoms with E-state index in [1.807, 2.05) is 6.26 Å². The quantitative estimate of drug-likeness (QED) is 0.767. The molecule has 1 N–H and O–H groups in total. The highest BCUT2D eigenvalue weighted by atomic mass is 16.3. The second-order valence-corrected chi connectivity index (χ2v) is 4.44. The monoisotopic (exact) mass is 222 g/mol. The molecule has 0 spiro atoms. The van der Waals surface area contributed by atoms with Gasteiger partial charge < -0.3 is 9.73 Å². The molecule has 1 saturated carbocycles. The summed E-state index contributed by atoms with van der Waals surface area (Å²) in [7, 11) is 0. The van der Waals surface area contributed by atoms with E-state index in [9.17, 15) is 0 Å². The summed E-state index contributed by atoms with van der Waals surface area (Å²) in [5.41, 5.74) is 1.31. The Balaban J connectivity index is 1.93. The number of nitrogens with zero attached hydrogens (tertiary/aromatic N) is 1. The molecule has 0 aliphatic heterocycles. The molecule has 0 radical (unpaired) electrons. The number of furan rings is 1. The van der Waals surface area contributed by atoms with Crippen molar-refractivity contribution in [1.29, 1.82) is 0 Å². The minimum absolute atomic E-state index is 0.807. The van der Waals surface area contributed by atoms with E-state index >= 15 is 0 Å². The number of hydrogen-bond acceptors (Lipinski definition) is 3. The van der Waals surface area contributed by atoms with E-state index < -0.39 is 0 Å². The van der Waals surface area contributed by atoms with Crippen LogP contribution in [0.2, 0.25) is 0 Å². The van der Waals surface area contributed by atoms with Crippen LogP contribution in [-0.4, -0.2) is 24.0 Å². The normalized spacial score (nSPS) is 15.9. The van der Waals surface area contributed by atoms with Crippen LogP contribution in [0.5, 0.6) is 0 Å². The van der Waals surface area contributed by atoms with E-state index in [1.54, 1.807) is 0 Å². The molecule has 90 valence electrons. The van der Waals surface area contributed by atoms with Crippen LogP contribution >= 0.6 is 0 Å². The maximum atomic E-state index is 5.59. The Morgan fingerprint density at radius 3 is 2.88 bits per heavy atom. The number of rotatable bonds is 7. The summed E-state index contributed by atoms with van der Waals surface area (Å²) in [6, 6.07) is 2.89. The fourth-order valence-corrected chi connectivity index (χ4v) is 2.05. The third-order valence-corrected chi connectivity index (χ3v) is 3.22. The third-order valence-electron chi connectivity index (χ3n) is 3.22. The van der Waals surface area contributed by atoms with E-state index in [0.29, 0.717) is 0 Å². The van der Waals surface area contributed by atoms with Crippen molar-refractivity contribution in [2.45, 2.75) is 45.8 Å². The van der Waals surface area contributed by atoms with Crippen LogP contribution in [0, 0.1) is 0 Å². The standard InChI is InChI=1S/C13H22N2O/c1-3-14-9-11-7-8-16-13(11)10-15(4-2)12-5-6-12/h7-8,12,14H,3-6,9-10H2,1-2H3. The van der Waals surface area contributed by atoms with Crippen LogP contribution in [0.25, 0.3) is 0 Å². The van der Waals surface area contributed by atoms with E-state index in [1.165, 1.54) is 18.4 Å². The Morgan fingerprint density at radius 1 is 1.44 bits per heavy atom. The van der Waals surface area contributed by atoms with Gasteiger partial charge in [-0.1, -0.05) is 13.8 Å². The molecule has 1 aliphatic carbocycles. The van der Waals surface area contributed by atoms with Gasteiger partial charge in [-0.3, -0.25) is 4.90 Å². The van der Waals surface area contributed by atoms with Crippen LogP contribution < -0.4 is 5.32 Å². The van der Waals surface area contributed by atoms with Gasteiger partial charge in [0.05, 0.1) is 12.8 Å². The van der Waals surface area contributed by atoms with Gasteiger partial charge in [-0.15, -0.1) is 0 Å². The Hall–Kier alpha value is -0.800. The second-order valence-electron chi connectivity index (χ2n) is 4.44. The molecular formula is C13H22N2O. The van der Waals surface area contributed by atoms with Crippen LogP contribution in [0.3, 0.4) is 0 Å². The van der Waals surface area contributed by atoms with E-state index in [0.717, 1.165) is 38.0 Å². The molecule has 1 fully saturated rings. The molecule has 1 aliphatic rings. The predicted molar refractivity (Wildman–Crippen MR) is 65.2 cm³/mol. The summed E-state index contributed by atoms with van der Waals surface area (Å²) >= 11 is 0. The van der Waals surface area contributed by atoms with Gasteiger partial charge in [-0.2, -0.15) is 0 Å². The van der Waals surface area contributed by atoms with Crippen LogP contribution in [0.4, 0.5) is 0 Å². The Bertz CT molecular complexity index is 317. The number of nitrogens with one attached hydrogen (secondary N) is 1. The fraction of sp³-hybridized carbons (Fsp3) is 0.692. The maximum Gasteiger partial charge on any atom is 0.122 e. The summed E-state index contributed by atoms with van der Waals surface area (Å²) in [6.45, 7) is 8.36. The molecule has 0 unspecified atom stereocenters. The zero-order valence-electron chi connectivity index (χ0n) is 10.3. The SMILES string of the molecule is CCNCc1ccoc1CN(CC)C1CC1. The summed E-state index contributed by atoms with van der Waals surface area (Å²) in [5, 5.41) is 3.35. The molecule has 1 aromatic heterocycles. The minimum Gasteiger partial charge on any atom is -0.468 e. The van der Waals surface area contributed by atoms with Crippen molar-refractivity contribution < 1.29 is 4.42 Å². The predicted octanol–water partition coefficient (Wildman–Crippen LogP) is 2.37. The molecule has 3 heteroatoms. The largest absolute Gasteiger partial charge is 0.468 e. The topological polar surface area (TPSA) is 28.4 Å². The van der Waals surface area contributed by atoms with Gasteiger partial charge in [0, 0.05) is 18.2 Å². The maximum absolute atomic E-state index is 5.59.